The monoisotopic (exact) mass is 385 g/mol. The molecule has 0 aliphatic carbocycles. The molecular formula is C22H28ClN3O. The van der Waals surface area contributed by atoms with Crippen molar-refractivity contribution in [2.75, 3.05) is 31.5 Å². The number of nitrogens with one attached hydrogen (secondary N) is 2. The van der Waals surface area contributed by atoms with Crippen molar-refractivity contribution in [3.8, 4) is 0 Å². The number of hydrogen-bond donors (Lipinski definition) is 2. The fraction of sp³-hybridized carbons (Fsp3) is 0.409. The molecule has 1 aliphatic rings. The number of halogens is 1. The Labute approximate surface area is 166 Å². The van der Waals surface area contributed by atoms with E-state index < -0.39 is 0 Å². The number of likely N-dealkylation sites (tertiary alicyclic amines) is 1. The van der Waals surface area contributed by atoms with Crippen LogP contribution in [0.15, 0.2) is 48.5 Å². The van der Waals surface area contributed by atoms with Gasteiger partial charge in [0.15, 0.2) is 0 Å². The van der Waals surface area contributed by atoms with Crippen LogP contribution in [0.1, 0.15) is 41.6 Å². The lowest BCUT2D eigenvalue weighted by Gasteiger charge is -2.26. The molecule has 2 aromatic rings. The third kappa shape index (κ3) is 6.35. The van der Waals surface area contributed by atoms with Crippen molar-refractivity contribution in [2.45, 2.75) is 32.2 Å². The summed E-state index contributed by atoms with van der Waals surface area (Å²) in [5.41, 5.74) is 2.43. The Hall–Kier alpha value is -1.88. The quantitative estimate of drug-likeness (QED) is 0.655. The lowest BCUT2D eigenvalue weighted by atomic mass is 10.1. The van der Waals surface area contributed by atoms with Crippen molar-refractivity contribution >= 4 is 23.2 Å². The molecule has 144 valence electrons. The number of amides is 1. The fourth-order valence-electron chi connectivity index (χ4n) is 3.45. The minimum Gasteiger partial charge on any atom is -0.322 e. The number of piperidine rings is 1. The molecule has 4 nitrogen and oxygen atoms in total. The molecule has 0 bridgehead atoms. The second-order valence-electron chi connectivity index (χ2n) is 7.07. The molecule has 1 saturated heterocycles. The first kappa shape index (κ1) is 19.9. The first-order valence-corrected chi connectivity index (χ1v) is 10.2. The van der Waals surface area contributed by atoms with Crippen molar-refractivity contribution < 1.29 is 4.79 Å². The molecule has 0 radical (unpaired) electrons. The third-order valence-corrected chi connectivity index (χ3v) is 5.24. The predicted molar refractivity (Wildman–Crippen MR) is 112 cm³/mol. The number of hydrogen-bond acceptors (Lipinski definition) is 3. The molecule has 3 rings (SSSR count). The maximum Gasteiger partial charge on any atom is 0.257 e. The molecule has 2 aromatic carbocycles. The number of benzene rings is 2. The molecule has 0 saturated carbocycles. The summed E-state index contributed by atoms with van der Waals surface area (Å²) in [7, 11) is 0. The Bertz CT molecular complexity index is 744. The number of carbonyl (C=O) groups is 1. The topological polar surface area (TPSA) is 44.4 Å². The zero-order valence-corrected chi connectivity index (χ0v) is 16.5. The first-order valence-electron chi connectivity index (χ1n) is 9.80. The molecule has 1 aliphatic heterocycles. The summed E-state index contributed by atoms with van der Waals surface area (Å²) in [5, 5.41) is 6.89. The van der Waals surface area contributed by atoms with Gasteiger partial charge in [-0.05, 0) is 75.3 Å². The summed E-state index contributed by atoms with van der Waals surface area (Å²) in [6.07, 6.45) is 5.25. The minimum atomic E-state index is -0.188. The van der Waals surface area contributed by atoms with Crippen LogP contribution in [0.5, 0.6) is 0 Å². The molecule has 0 unspecified atom stereocenters. The van der Waals surface area contributed by atoms with Crippen molar-refractivity contribution in [3.05, 3.63) is 64.7 Å². The second-order valence-corrected chi connectivity index (χ2v) is 7.47. The molecule has 0 atom stereocenters. The van der Waals surface area contributed by atoms with E-state index in [1.807, 2.05) is 30.3 Å². The maximum absolute atomic E-state index is 12.4. The molecule has 5 heteroatoms. The van der Waals surface area contributed by atoms with Crippen LogP contribution >= 0.6 is 11.6 Å². The molecular weight excluding hydrogens is 358 g/mol. The lowest BCUT2D eigenvalue weighted by molar-refractivity contribution is 0.102. The third-order valence-electron chi connectivity index (χ3n) is 4.91. The first-order chi connectivity index (χ1) is 13.2. The van der Waals surface area contributed by atoms with Crippen LogP contribution < -0.4 is 10.6 Å². The van der Waals surface area contributed by atoms with Gasteiger partial charge in [0.25, 0.3) is 5.91 Å². The van der Waals surface area contributed by atoms with E-state index in [1.54, 1.807) is 12.1 Å². The normalized spacial score (nSPS) is 14.9. The number of anilines is 1. The minimum absolute atomic E-state index is 0.188. The zero-order chi connectivity index (χ0) is 18.9. The molecule has 0 spiro atoms. The van der Waals surface area contributed by atoms with Gasteiger partial charge in [-0.2, -0.15) is 0 Å². The largest absolute Gasteiger partial charge is 0.322 e. The van der Waals surface area contributed by atoms with E-state index in [0.717, 1.165) is 24.3 Å². The van der Waals surface area contributed by atoms with E-state index in [1.165, 1.54) is 45.3 Å². The van der Waals surface area contributed by atoms with Gasteiger partial charge >= 0.3 is 0 Å². The van der Waals surface area contributed by atoms with Gasteiger partial charge in [0.1, 0.15) is 0 Å². The molecule has 0 aromatic heterocycles. The second kappa shape index (κ2) is 10.5. The van der Waals surface area contributed by atoms with Crippen molar-refractivity contribution in [1.82, 2.24) is 10.2 Å². The van der Waals surface area contributed by atoms with Gasteiger partial charge in [0.05, 0.1) is 10.6 Å². The van der Waals surface area contributed by atoms with Crippen molar-refractivity contribution in [2.24, 2.45) is 0 Å². The molecule has 2 N–H and O–H groups in total. The summed E-state index contributed by atoms with van der Waals surface area (Å²) in [6, 6.07) is 15.0. The van der Waals surface area contributed by atoms with Crippen molar-refractivity contribution in [1.29, 1.82) is 0 Å². The highest BCUT2D eigenvalue weighted by Gasteiger charge is 2.10. The van der Waals surface area contributed by atoms with Crippen LogP contribution in [0, 0.1) is 0 Å². The summed E-state index contributed by atoms with van der Waals surface area (Å²) in [5.74, 6) is -0.188. The van der Waals surface area contributed by atoms with E-state index >= 15 is 0 Å². The Kier molecular flexibility index (Phi) is 7.69. The fourth-order valence-corrected chi connectivity index (χ4v) is 3.67. The summed E-state index contributed by atoms with van der Waals surface area (Å²) < 4.78 is 0. The van der Waals surface area contributed by atoms with Gasteiger partial charge in [-0.3, -0.25) is 4.79 Å². The standard InChI is InChI=1S/C22H28ClN3O/c23-21-11-3-2-10-20(21)22(27)25-19-9-6-8-18(16-19)17-24-12-7-15-26-13-4-1-5-14-26/h2-3,6,8-11,16,24H,1,4-5,7,12-15,17H2,(H,25,27). The summed E-state index contributed by atoms with van der Waals surface area (Å²) in [6.45, 7) is 5.50. The summed E-state index contributed by atoms with van der Waals surface area (Å²) >= 11 is 6.10. The smallest absolute Gasteiger partial charge is 0.257 e. The Morgan fingerprint density at radius 1 is 1.04 bits per heavy atom. The van der Waals surface area contributed by atoms with Crippen LogP contribution in [0.25, 0.3) is 0 Å². The Morgan fingerprint density at radius 2 is 1.85 bits per heavy atom. The average molecular weight is 386 g/mol. The van der Waals surface area contributed by atoms with Gasteiger partial charge in [-0.15, -0.1) is 0 Å². The van der Waals surface area contributed by atoms with Gasteiger partial charge in [-0.25, -0.2) is 0 Å². The summed E-state index contributed by atoms with van der Waals surface area (Å²) in [4.78, 5) is 14.9. The average Bonchev–Trinajstić information content (AvgIpc) is 2.69. The SMILES string of the molecule is O=C(Nc1cccc(CNCCCN2CCCCC2)c1)c1ccccc1Cl. The van der Waals surface area contributed by atoms with E-state index in [0.29, 0.717) is 10.6 Å². The Morgan fingerprint density at radius 3 is 2.67 bits per heavy atom. The highest BCUT2D eigenvalue weighted by atomic mass is 35.5. The van der Waals surface area contributed by atoms with E-state index in [2.05, 4.69) is 21.6 Å². The number of nitrogens with zero attached hydrogens (tertiary/aromatic N) is 1. The maximum atomic E-state index is 12.4. The molecule has 27 heavy (non-hydrogen) atoms. The van der Waals surface area contributed by atoms with Crippen LogP contribution in [-0.2, 0) is 6.54 Å². The highest BCUT2D eigenvalue weighted by Crippen LogP contribution is 2.18. The molecule has 1 heterocycles. The van der Waals surface area contributed by atoms with Crippen LogP contribution in [0.2, 0.25) is 5.02 Å². The molecule has 1 fully saturated rings. The van der Waals surface area contributed by atoms with Crippen molar-refractivity contribution in [3.63, 3.8) is 0 Å². The van der Waals surface area contributed by atoms with Gasteiger partial charge in [0.2, 0.25) is 0 Å². The van der Waals surface area contributed by atoms with Gasteiger partial charge < -0.3 is 15.5 Å². The molecule has 1 amide bonds. The Balaban J connectivity index is 1.43. The lowest BCUT2D eigenvalue weighted by Crippen LogP contribution is -2.32. The van der Waals surface area contributed by atoms with Gasteiger partial charge in [-0.1, -0.05) is 42.3 Å². The van der Waals surface area contributed by atoms with Crippen LogP contribution in [0.4, 0.5) is 5.69 Å². The number of rotatable bonds is 8. The highest BCUT2D eigenvalue weighted by molar-refractivity contribution is 6.34. The van der Waals surface area contributed by atoms with E-state index in [4.69, 9.17) is 11.6 Å². The zero-order valence-electron chi connectivity index (χ0n) is 15.7. The van der Waals surface area contributed by atoms with Crippen LogP contribution in [-0.4, -0.2) is 37.0 Å². The van der Waals surface area contributed by atoms with E-state index in [9.17, 15) is 4.79 Å². The number of carbonyl (C=O) groups excluding carboxylic acids is 1. The van der Waals surface area contributed by atoms with E-state index in [-0.39, 0.29) is 5.91 Å². The predicted octanol–water partition coefficient (Wildman–Crippen LogP) is 4.56. The van der Waals surface area contributed by atoms with Crippen LogP contribution in [0.3, 0.4) is 0 Å². The van der Waals surface area contributed by atoms with Gasteiger partial charge in [0, 0.05) is 12.2 Å².